The molecular formula is C18H23N3O2S. The summed E-state index contributed by atoms with van der Waals surface area (Å²) in [6, 6.07) is 9.85. The van der Waals surface area contributed by atoms with Crippen LogP contribution in [0.5, 0.6) is 0 Å². The Hall–Kier alpha value is -1.79. The highest BCUT2D eigenvalue weighted by Crippen LogP contribution is 2.28. The molecule has 0 spiro atoms. The summed E-state index contributed by atoms with van der Waals surface area (Å²) in [5.41, 5.74) is 1.93. The van der Waals surface area contributed by atoms with Crippen molar-refractivity contribution in [3.63, 3.8) is 0 Å². The van der Waals surface area contributed by atoms with Crippen LogP contribution >= 0.6 is 11.8 Å². The molecule has 1 aromatic carbocycles. The number of rotatable bonds is 5. The minimum absolute atomic E-state index is 0.0953. The molecule has 6 heteroatoms. The molecule has 0 bridgehead atoms. The number of aliphatic hydroxyl groups is 1. The van der Waals surface area contributed by atoms with E-state index in [1.807, 2.05) is 46.2 Å². The van der Waals surface area contributed by atoms with Crippen molar-refractivity contribution >= 4 is 17.7 Å². The van der Waals surface area contributed by atoms with Crippen molar-refractivity contribution < 1.29 is 9.90 Å². The lowest BCUT2D eigenvalue weighted by molar-refractivity contribution is 0.0711. The molecule has 0 saturated carbocycles. The smallest absolute Gasteiger partial charge is 0.253 e. The van der Waals surface area contributed by atoms with Crippen molar-refractivity contribution in [1.29, 1.82) is 0 Å². The number of aliphatic hydroxyl groups excluding tert-OH is 1. The normalized spacial score (nSPS) is 15.7. The van der Waals surface area contributed by atoms with Gasteiger partial charge in [-0.2, -0.15) is 5.10 Å². The van der Waals surface area contributed by atoms with Gasteiger partial charge < -0.3 is 10.0 Å². The molecule has 1 fully saturated rings. The Bertz CT molecular complexity index is 676. The summed E-state index contributed by atoms with van der Waals surface area (Å²) in [7, 11) is 0. The minimum atomic E-state index is 0.0953. The Morgan fingerprint density at radius 3 is 2.58 bits per heavy atom. The second-order valence-electron chi connectivity index (χ2n) is 6.00. The minimum Gasteiger partial charge on any atom is -0.394 e. The van der Waals surface area contributed by atoms with Crippen LogP contribution in [-0.4, -0.2) is 51.6 Å². The van der Waals surface area contributed by atoms with Gasteiger partial charge in [-0.15, -0.1) is 11.8 Å². The van der Waals surface area contributed by atoms with Gasteiger partial charge in [0.1, 0.15) is 0 Å². The van der Waals surface area contributed by atoms with E-state index < -0.39 is 0 Å². The fourth-order valence-electron chi connectivity index (χ4n) is 3.27. The molecule has 0 radical (unpaired) electrons. The van der Waals surface area contributed by atoms with Gasteiger partial charge in [-0.25, -0.2) is 0 Å². The van der Waals surface area contributed by atoms with Crippen LogP contribution < -0.4 is 0 Å². The Morgan fingerprint density at radius 2 is 1.96 bits per heavy atom. The number of carbonyl (C=O) groups excluding carboxylic acids is 1. The number of benzene rings is 1. The van der Waals surface area contributed by atoms with Crippen molar-refractivity contribution in [3.8, 4) is 0 Å². The fourth-order valence-corrected chi connectivity index (χ4v) is 3.67. The van der Waals surface area contributed by atoms with Gasteiger partial charge in [-0.1, -0.05) is 0 Å². The van der Waals surface area contributed by atoms with E-state index in [0.717, 1.165) is 31.5 Å². The van der Waals surface area contributed by atoms with E-state index in [4.69, 9.17) is 5.11 Å². The molecule has 1 aromatic heterocycles. The lowest BCUT2D eigenvalue weighted by Crippen LogP contribution is -2.38. The van der Waals surface area contributed by atoms with Gasteiger partial charge >= 0.3 is 0 Å². The second-order valence-corrected chi connectivity index (χ2v) is 6.88. The first-order chi connectivity index (χ1) is 11.7. The van der Waals surface area contributed by atoms with Crippen LogP contribution in [0.25, 0.3) is 0 Å². The molecule has 3 rings (SSSR count). The van der Waals surface area contributed by atoms with E-state index >= 15 is 0 Å². The summed E-state index contributed by atoms with van der Waals surface area (Å²) in [5.74, 6) is 0.520. The highest BCUT2D eigenvalue weighted by Gasteiger charge is 2.26. The topological polar surface area (TPSA) is 58.4 Å². The Kier molecular flexibility index (Phi) is 5.58. The average molecular weight is 345 g/mol. The molecule has 2 aromatic rings. The summed E-state index contributed by atoms with van der Waals surface area (Å²) < 4.78 is 1.88. The van der Waals surface area contributed by atoms with E-state index in [1.165, 1.54) is 10.6 Å². The molecule has 128 valence electrons. The Labute approximate surface area is 146 Å². The lowest BCUT2D eigenvalue weighted by Gasteiger charge is -2.32. The van der Waals surface area contributed by atoms with Gasteiger partial charge in [-0.05, 0) is 49.4 Å². The SMILES string of the molecule is CSc1ccc(C(=O)N2CCC(c3ccnn3CCO)CC2)cc1. The molecule has 0 aliphatic carbocycles. The molecular weight excluding hydrogens is 322 g/mol. The molecule has 24 heavy (non-hydrogen) atoms. The third kappa shape index (κ3) is 3.65. The number of piperidine rings is 1. The van der Waals surface area contributed by atoms with E-state index in [-0.39, 0.29) is 12.5 Å². The van der Waals surface area contributed by atoms with Crippen LogP contribution in [0.3, 0.4) is 0 Å². The first kappa shape index (κ1) is 17.0. The molecule has 1 aliphatic rings. The monoisotopic (exact) mass is 345 g/mol. The quantitative estimate of drug-likeness (QED) is 0.847. The molecule has 5 nitrogen and oxygen atoms in total. The molecule has 0 unspecified atom stereocenters. The van der Waals surface area contributed by atoms with Gasteiger partial charge in [0.05, 0.1) is 13.2 Å². The first-order valence-corrected chi connectivity index (χ1v) is 9.51. The van der Waals surface area contributed by atoms with E-state index in [0.29, 0.717) is 12.5 Å². The highest BCUT2D eigenvalue weighted by atomic mass is 32.2. The van der Waals surface area contributed by atoms with Crippen LogP contribution in [0.4, 0.5) is 0 Å². The van der Waals surface area contributed by atoms with Crippen molar-refractivity contribution in [1.82, 2.24) is 14.7 Å². The maximum Gasteiger partial charge on any atom is 0.253 e. The van der Waals surface area contributed by atoms with Gasteiger partial charge in [0, 0.05) is 41.4 Å². The molecule has 2 heterocycles. The predicted molar refractivity (Wildman–Crippen MR) is 95.4 cm³/mol. The maximum absolute atomic E-state index is 12.6. The Balaban J connectivity index is 1.61. The van der Waals surface area contributed by atoms with Crippen molar-refractivity contribution in [3.05, 3.63) is 47.8 Å². The summed E-state index contributed by atoms with van der Waals surface area (Å²) in [6.07, 6.45) is 5.69. The number of nitrogens with zero attached hydrogens (tertiary/aromatic N) is 3. The van der Waals surface area contributed by atoms with Gasteiger partial charge in [-0.3, -0.25) is 9.48 Å². The van der Waals surface area contributed by atoms with Crippen LogP contribution in [0, 0.1) is 0 Å². The zero-order valence-corrected chi connectivity index (χ0v) is 14.7. The molecule has 1 amide bonds. The van der Waals surface area contributed by atoms with Gasteiger partial charge in [0.15, 0.2) is 0 Å². The number of amides is 1. The Morgan fingerprint density at radius 1 is 1.25 bits per heavy atom. The number of likely N-dealkylation sites (tertiary alicyclic amines) is 1. The zero-order valence-electron chi connectivity index (χ0n) is 13.9. The van der Waals surface area contributed by atoms with Crippen LogP contribution in [-0.2, 0) is 6.54 Å². The standard InChI is InChI=1S/C18H23N3O2S/c1-24-16-4-2-15(3-5-16)18(23)20-10-7-14(8-11-20)17-6-9-19-21(17)12-13-22/h2-6,9,14,22H,7-8,10-13H2,1H3. The van der Waals surface area contributed by atoms with E-state index in [1.54, 1.807) is 18.0 Å². The third-order valence-electron chi connectivity index (χ3n) is 4.60. The molecule has 0 atom stereocenters. The molecule has 1 N–H and O–H groups in total. The second kappa shape index (κ2) is 7.85. The van der Waals surface area contributed by atoms with Crippen molar-refractivity contribution in [2.75, 3.05) is 26.0 Å². The van der Waals surface area contributed by atoms with Crippen LogP contribution in [0.1, 0.15) is 34.8 Å². The van der Waals surface area contributed by atoms with E-state index in [9.17, 15) is 4.79 Å². The summed E-state index contributed by atoms with van der Waals surface area (Å²) in [4.78, 5) is 15.7. The average Bonchev–Trinajstić information content (AvgIpc) is 3.10. The fraction of sp³-hybridized carbons (Fsp3) is 0.444. The largest absolute Gasteiger partial charge is 0.394 e. The van der Waals surface area contributed by atoms with Crippen molar-refractivity contribution in [2.24, 2.45) is 0 Å². The number of carbonyl (C=O) groups is 1. The maximum atomic E-state index is 12.6. The van der Waals surface area contributed by atoms with E-state index in [2.05, 4.69) is 5.10 Å². The number of hydrogen-bond acceptors (Lipinski definition) is 4. The zero-order chi connectivity index (χ0) is 16.9. The molecule has 1 saturated heterocycles. The van der Waals surface area contributed by atoms with Crippen molar-refractivity contribution in [2.45, 2.75) is 30.2 Å². The number of aromatic nitrogens is 2. The molecule has 1 aliphatic heterocycles. The van der Waals surface area contributed by atoms with Crippen LogP contribution in [0.2, 0.25) is 0 Å². The first-order valence-electron chi connectivity index (χ1n) is 8.29. The summed E-state index contributed by atoms with van der Waals surface area (Å²) >= 11 is 1.68. The summed E-state index contributed by atoms with van der Waals surface area (Å²) in [6.45, 7) is 2.15. The predicted octanol–water partition coefficient (Wildman–Crippen LogP) is 2.62. The highest BCUT2D eigenvalue weighted by molar-refractivity contribution is 7.98. The van der Waals surface area contributed by atoms with Gasteiger partial charge in [0.2, 0.25) is 0 Å². The summed E-state index contributed by atoms with van der Waals surface area (Å²) in [5, 5.41) is 13.4. The van der Waals surface area contributed by atoms with Crippen LogP contribution in [0.15, 0.2) is 41.4 Å². The number of hydrogen-bond donors (Lipinski definition) is 1. The lowest BCUT2D eigenvalue weighted by atomic mass is 9.93. The van der Waals surface area contributed by atoms with Gasteiger partial charge in [0.25, 0.3) is 5.91 Å². The third-order valence-corrected chi connectivity index (χ3v) is 5.34. The number of thioether (sulfide) groups is 1.